The highest BCUT2D eigenvalue weighted by molar-refractivity contribution is 5.68. The molecule has 0 heterocycles. The van der Waals surface area contributed by atoms with Crippen LogP contribution in [0.2, 0.25) is 0 Å². The van der Waals surface area contributed by atoms with Crippen LogP contribution >= 0.6 is 0 Å². The average molecular weight is 366 g/mol. The summed E-state index contributed by atoms with van der Waals surface area (Å²) in [6, 6.07) is 31.4. The number of hydrogen-bond donors (Lipinski definition) is 2. The molecule has 2 N–H and O–H groups in total. The minimum atomic E-state index is -0.130. The first-order chi connectivity index (χ1) is 13.6. The van der Waals surface area contributed by atoms with Gasteiger partial charge in [0, 0.05) is 17.0 Å². The summed E-state index contributed by atoms with van der Waals surface area (Å²) >= 11 is 0. The monoisotopic (exact) mass is 366 g/mol. The fourth-order valence-electron chi connectivity index (χ4n) is 3.61. The summed E-state index contributed by atoms with van der Waals surface area (Å²) < 4.78 is 0. The molecule has 138 valence electrons. The number of rotatable bonds is 4. The first kappa shape index (κ1) is 17.9. The Balaban J connectivity index is 1.65. The maximum atomic E-state index is 10.6. The van der Waals surface area contributed by atoms with Gasteiger partial charge in [-0.1, -0.05) is 91.9 Å². The molecule has 0 aliphatic carbocycles. The number of hydrogen-bond acceptors (Lipinski definition) is 2. The largest absolute Gasteiger partial charge is 0.508 e. The van der Waals surface area contributed by atoms with Crippen LogP contribution in [0.1, 0.15) is 24.0 Å². The Hall–Kier alpha value is -3.52. The quantitative estimate of drug-likeness (QED) is 0.428. The number of phenols is 2. The van der Waals surface area contributed by atoms with Gasteiger partial charge in [-0.05, 0) is 34.4 Å². The molecule has 0 saturated carbocycles. The maximum absolute atomic E-state index is 10.6. The van der Waals surface area contributed by atoms with E-state index < -0.39 is 0 Å². The zero-order valence-corrected chi connectivity index (χ0v) is 15.7. The van der Waals surface area contributed by atoms with Crippen LogP contribution in [-0.2, 0) is 0 Å². The van der Waals surface area contributed by atoms with Crippen LogP contribution in [0.15, 0.2) is 97.1 Å². The Morgan fingerprint density at radius 3 is 1.25 bits per heavy atom. The topological polar surface area (TPSA) is 40.5 Å². The zero-order valence-electron chi connectivity index (χ0n) is 15.7. The summed E-state index contributed by atoms with van der Waals surface area (Å²) in [5, 5.41) is 21.3. The fraction of sp³-hybridized carbons (Fsp3) is 0.0769. The van der Waals surface area contributed by atoms with Crippen LogP contribution in [0, 0.1) is 0 Å². The van der Waals surface area contributed by atoms with Gasteiger partial charge in [0.15, 0.2) is 0 Å². The second kappa shape index (κ2) is 7.61. The smallest absolute Gasteiger partial charge is 0.119 e. The Labute approximate surface area is 165 Å². The van der Waals surface area contributed by atoms with Gasteiger partial charge in [0.25, 0.3) is 0 Å². The lowest BCUT2D eigenvalue weighted by Gasteiger charge is -2.17. The predicted molar refractivity (Wildman–Crippen MR) is 115 cm³/mol. The van der Waals surface area contributed by atoms with Crippen LogP contribution in [0.4, 0.5) is 0 Å². The number of phenolic OH excluding ortho intramolecular Hbond substituents is 2. The van der Waals surface area contributed by atoms with Crippen molar-refractivity contribution in [3.63, 3.8) is 0 Å². The lowest BCUT2D eigenvalue weighted by Crippen LogP contribution is -1.98. The molecule has 4 rings (SSSR count). The highest BCUT2D eigenvalue weighted by Gasteiger charge is 2.17. The van der Waals surface area contributed by atoms with E-state index in [0.29, 0.717) is 0 Å². The zero-order chi connectivity index (χ0) is 19.5. The molecule has 0 spiro atoms. The van der Waals surface area contributed by atoms with Crippen LogP contribution in [0.3, 0.4) is 0 Å². The minimum Gasteiger partial charge on any atom is -0.508 e. The van der Waals surface area contributed by atoms with E-state index in [4.69, 9.17) is 0 Å². The predicted octanol–water partition coefficient (Wildman–Crippen LogP) is 6.58. The molecule has 0 aromatic heterocycles. The Bertz CT molecular complexity index is 997. The lowest BCUT2D eigenvalue weighted by molar-refractivity contribution is 0.457. The molecule has 0 unspecified atom stereocenters. The first-order valence-corrected chi connectivity index (χ1v) is 9.40. The first-order valence-electron chi connectivity index (χ1n) is 9.40. The molecule has 2 nitrogen and oxygen atoms in total. The minimum absolute atomic E-state index is 0.130. The molecule has 2 heteroatoms. The second-order valence-corrected chi connectivity index (χ2v) is 7.00. The normalized spacial score (nSPS) is 10.9. The summed E-state index contributed by atoms with van der Waals surface area (Å²) in [4.78, 5) is 0. The van der Waals surface area contributed by atoms with E-state index in [-0.39, 0.29) is 17.4 Å². The molecule has 0 bridgehead atoms. The molecule has 0 atom stereocenters. The van der Waals surface area contributed by atoms with Crippen LogP contribution in [-0.4, -0.2) is 10.2 Å². The van der Waals surface area contributed by atoms with Gasteiger partial charge < -0.3 is 10.2 Å². The molecular formula is C26H22O2. The van der Waals surface area contributed by atoms with Crippen molar-refractivity contribution >= 4 is 0 Å². The highest BCUT2D eigenvalue weighted by Crippen LogP contribution is 2.38. The van der Waals surface area contributed by atoms with Crippen molar-refractivity contribution in [1.29, 1.82) is 0 Å². The van der Waals surface area contributed by atoms with Crippen LogP contribution in [0.5, 0.6) is 11.5 Å². The van der Waals surface area contributed by atoms with Gasteiger partial charge in [0.05, 0.1) is 0 Å². The van der Waals surface area contributed by atoms with Crippen molar-refractivity contribution < 1.29 is 10.2 Å². The summed E-state index contributed by atoms with van der Waals surface area (Å²) in [5.74, 6) is 0.343. The molecule has 4 aromatic carbocycles. The third-order valence-electron chi connectivity index (χ3n) is 5.21. The van der Waals surface area contributed by atoms with E-state index >= 15 is 0 Å². The highest BCUT2D eigenvalue weighted by atomic mass is 16.3. The van der Waals surface area contributed by atoms with Crippen molar-refractivity contribution in [1.82, 2.24) is 0 Å². The van der Waals surface area contributed by atoms with Gasteiger partial charge in [0.1, 0.15) is 11.5 Å². The van der Waals surface area contributed by atoms with Gasteiger partial charge in [-0.2, -0.15) is 0 Å². The number of aromatic hydroxyl groups is 2. The Morgan fingerprint density at radius 2 is 0.893 bits per heavy atom. The Kier molecular flexibility index (Phi) is 4.86. The van der Waals surface area contributed by atoms with Gasteiger partial charge in [-0.15, -0.1) is 0 Å². The molecule has 0 fully saturated rings. The van der Waals surface area contributed by atoms with Crippen molar-refractivity contribution in [2.45, 2.75) is 12.8 Å². The van der Waals surface area contributed by atoms with E-state index in [2.05, 4.69) is 0 Å². The van der Waals surface area contributed by atoms with Crippen molar-refractivity contribution in [2.75, 3.05) is 0 Å². The van der Waals surface area contributed by atoms with Crippen LogP contribution < -0.4 is 0 Å². The molecule has 0 saturated heterocycles. The standard InChI is InChI=1S/C26H22O2/c1-18(23-14-12-21(16-25(23)27)19-8-4-2-5-9-19)24-15-13-22(17-26(24)28)20-10-6-3-7-11-20/h2-18,27-28H,1H3. The summed E-state index contributed by atoms with van der Waals surface area (Å²) in [5.41, 5.74) is 5.65. The molecule has 0 radical (unpaired) electrons. The van der Waals surface area contributed by atoms with E-state index in [1.807, 2.05) is 91.9 Å². The van der Waals surface area contributed by atoms with Gasteiger partial charge >= 0.3 is 0 Å². The fourth-order valence-corrected chi connectivity index (χ4v) is 3.61. The maximum Gasteiger partial charge on any atom is 0.119 e. The molecule has 0 aliphatic heterocycles. The summed E-state index contributed by atoms with van der Waals surface area (Å²) in [6.07, 6.45) is 0. The van der Waals surface area contributed by atoms with E-state index in [1.54, 1.807) is 12.1 Å². The van der Waals surface area contributed by atoms with Gasteiger partial charge in [-0.3, -0.25) is 0 Å². The van der Waals surface area contributed by atoms with Crippen LogP contribution in [0.25, 0.3) is 22.3 Å². The Morgan fingerprint density at radius 1 is 0.500 bits per heavy atom. The number of benzene rings is 4. The third kappa shape index (κ3) is 3.49. The average Bonchev–Trinajstić information content (AvgIpc) is 2.74. The molecule has 0 amide bonds. The van der Waals surface area contributed by atoms with Crippen molar-refractivity contribution in [2.24, 2.45) is 0 Å². The van der Waals surface area contributed by atoms with Crippen molar-refractivity contribution in [3.05, 3.63) is 108 Å². The SMILES string of the molecule is CC(c1ccc(-c2ccccc2)cc1O)c1ccc(-c2ccccc2)cc1O. The lowest BCUT2D eigenvalue weighted by atomic mass is 9.89. The molecule has 0 aliphatic rings. The van der Waals surface area contributed by atoms with E-state index in [1.165, 1.54) is 0 Å². The van der Waals surface area contributed by atoms with Gasteiger partial charge in [-0.25, -0.2) is 0 Å². The summed E-state index contributed by atoms with van der Waals surface area (Å²) in [7, 11) is 0. The molecule has 28 heavy (non-hydrogen) atoms. The van der Waals surface area contributed by atoms with Crippen molar-refractivity contribution in [3.8, 4) is 33.8 Å². The summed E-state index contributed by atoms with van der Waals surface area (Å²) in [6.45, 7) is 1.99. The second-order valence-electron chi connectivity index (χ2n) is 7.00. The third-order valence-corrected chi connectivity index (χ3v) is 5.21. The van der Waals surface area contributed by atoms with E-state index in [0.717, 1.165) is 33.4 Å². The molecule has 4 aromatic rings. The molecular weight excluding hydrogens is 344 g/mol. The van der Waals surface area contributed by atoms with Gasteiger partial charge in [0.2, 0.25) is 0 Å². The van der Waals surface area contributed by atoms with E-state index in [9.17, 15) is 10.2 Å².